The number of aryl methyl sites for hydroxylation is 3. The van der Waals surface area contributed by atoms with Crippen LogP contribution in [0, 0.1) is 26.6 Å². The van der Waals surface area contributed by atoms with Crippen molar-refractivity contribution in [2.24, 2.45) is 0 Å². The van der Waals surface area contributed by atoms with Gasteiger partial charge in [-0.25, -0.2) is 12.8 Å². The maximum Gasteiger partial charge on any atom is 0.244 e. The number of amides is 1. The monoisotopic (exact) mass is 482 g/mol. The first-order chi connectivity index (χ1) is 16.1. The van der Waals surface area contributed by atoms with Crippen LogP contribution in [0.2, 0.25) is 0 Å². The van der Waals surface area contributed by atoms with Crippen LogP contribution >= 0.6 is 0 Å². The molecule has 3 aromatic carbocycles. The van der Waals surface area contributed by atoms with E-state index in [9.17, 15) is 17.6 Å². The summed E-state index contributed by atoms with van der Waals surface area (Å²) in [4.78, 5) is 13.2. The van der Waals surface area contributed by atoms with Crippen LogP contribution in [0.25, 0.3) is 0 Å². The van der Waals surface area contributed by atoms with Gasteiger partial charge in [0.1, 0.15) is 5.82 Å². The molecular weight excluding hydrogens is 451 g/mol. The van der Waals surface area contributed by atoms with Crippen molar-refractivity contribution in [2.45, 2.75) is 45.1 Å². The van der Waals surface area contributed by atoms with E-state index in [-0.39, 0.29) is 23.8 Å². The van der Waals surface area contributed by atoms with Gasteiger partial charge in [-0.2, -0.15) is 4.31 Å². The van der Waals surface area contributed by atoms with Gasteiger partial charge in [-0.05, 0) is 68.5 Å². The van der Waals surface area contributed by atoms with Gasteiger partial charge in [0.2, 0.25) is 15.9 Å². The van der Waals surface area contributed by atoms with E-state index in [4.69, 9.17) is 0 Å². The highest BCUT2D eigenvalue weighted by atomic mass is 32.2. The van der Waals surface area contributed by atoms with E-state index in [2.05, 4.69) is 5.32 Å². The average Bonchev–Trinajstić information content (AvgIpc) is 2.76. The van der Waals surface area contributed by atoms with Crippen LogP contribution in [-0.4, -0.2) is 31.7 Å². The van der Waals surface area contributed by atoms with Gasteiger partial charge in [-0.15, -0.1) is 0 Å². The zero-order valence-corrected chi connectivity index (χ0v) is 20.8. The molecule has 0 aliphatic rings. The van der Waals surface area contributed by atoms with Gasteiger partial charge in [0.05, 0.1) is 17.5 Å². The third-order valence-corrected chi connectivity index (χ3v) is 7.91. The largest absolute Gasteiger partial charge is 0.348 e. The summed E-state index contributed by atoms with van der Waals surface area (Å²) in [6.07, 6.45) is 0.477. The highest BCUT2D eigenvalue weighted by Gasteiger charge is 2.30. The third-order valence-electron chi connectivity index (χ3n) is 5.76. The molecule has 1 atom stereocenters. The van der Waals surface area contributed by atoms with Crippen LogP contribution in [0.1, 0.15) is 40.8 Å². The molecule has 0 aromatic heterocycles. The number of halogens is 1. The molecular formula is C27H31FN2O3S. The summed E-state index contributed by atoms with van der Waals surface area (Å²) in [5.41, 5.74) is 4.01. The fourth-order valence-corrected chi connectivity index (χ4v) is 5.98. The second-order valence-electron chi connectivity index (χ2n) is 8.64. The van der Waals surface area contributed by atoms with Crippen LogP contribution < -0.4 is 5.32 Å². The number of nitrogens with zero attached hydrogens (tertiary/aromatic N) is 1. The van der Waals surface area contributed by atoms with E-state index in [0.717, 1.165) is 16.7 Å². The number of sulfonamides is 1. The molecule has 0 bridgehead atoms. The molecule has 3 rings (SSSR count). The second kappa shape index (κ2) is 10.9. The van der Waals surface area contributed by atoms with Gasteiger partial charge >= 0.3 is 0 Å². The van der Waals surface area contributed by atoms with Crippen LogP contribution in [0.4, 0.5) is 4.39 Å². The first kappa shape index (κ1) is 25.6. The number of nitrogens with one attached hydrogen (secondary N) is 1. The maximum absolute atomic E-state index is 13.7. The van der Waals surface area contributed by atoms with Crippen molar-refractivity contribution in [1.29, 1.82) is 0 Å². The van der Waals surface area contributed by atoms with E-state index >= 15 is 0 Å². The van der Waals surface area contributed by atoms with Crippen molar-refractivity contribution in [3.05, 3.63) is 100 Å². The lowest BCUT2D eigenvalue weighted by molar-refractivity contribution is -0.121. The lowest BCUT2D eigenvalue weighted by Crippen LogP contribution is -2.42. The molecule has 0 radical (unpaired) electrons. The molecule has 180 valence electrons. The molecule has 0 aliphatic heterocycles. The van der Waals surface area contributed by atoms with Crippen LogP contribution in [0.5, 0.6) is 0 Å². The summed E-state index contributed by atoms with van der Waals surface area (Å²) in [6, 6.07) is 18.7. The van der Waals surface area contributed by atoms with Gasteiger partial charge in [0.25, 0.3) is 0 Å². The molecule has 0 unspecified atom stereocenters. The van der Waals surface area contributed by atoms with E-state index in [1.165, 1.54) is 16.4 Å². The second-order valence-corrected chi connectivity index (χ2v) is 10.5. The topological polar surface area (TPSA) is 66.5 Å². The molecule has 7 heteroatoms. The van der Waals surface area contributed by atoms with Crippen molar-refractivity contribution in [1.82, 2.24) is 9.62 Å². The summed E-state index contributed by atoms with van der Waals surface area (Å²) in [5, 5.41) is 2.84. The van der Waals surface area contributed by atoms with Crippen LogP contribution in [-0.2, 0) is 21.2 Å². The molecule has 1 amide bonds. The molecule has 0 spiro atoms. The summed E-state index contributed by atoms with van der Waals surface area (Å²) < 4.78 is 42.0. The summed E-state index contributed by atoms with van der Waals surface area (Å²) >= 11 is 0. The Morgan fingerprint density at radius 3 is 2.15 bits per heavy atom. The normalized spacial score (nSPS) is 12.5. The van der Waals surface area contributed by atoms with Crippen LogP contribution in [0.15, 0.2) is 71.6 Å². The first-order valence-corrected chi connectivity index (χ1v) is 12.7. The fourth-order valence-electron chi connectivity index (χ4n) is 4.17. The molecule has 0 aliphatic carbocycles. The molecule has 3 aromatic rings. The molecule has 0 heterocycles. The summed E-state index contributed by atoms with van der Waals surface area (Å²) in [7, 11) is -3.93. The quantitative estimate of drug-likeness (QED) is 0.474. The van der Waals surface area contributed by atoms with E-state index in [0.29, 0.717) is 17.5 Å². The van der Waals surface area contributed by atoms with Crippen molar-refractivity contribution in [3.8, 4) is 0 Å². The molecule has 0 saturated heterocycles. The number of hydrogen-bond donors (Lipinski definition) is 1. The zero-order chi connectivity index (χ0) is 24.9. The van der Waals surface area contributed by atoms with Crippen molar-refractivity contribution in [3.63, 3.8) is 0 Å². The first-order valence-electron chi connectivity index (χ1n) is 11.2. The maximum atomic E-state index is 13.7. The molecule has 5 nitrogen and oxygen atoms in total. The zero-order valence-electron chi connectivity index (χ0n) is 20.0. The number of rotatable bonds is 9. The molecule has 1 N–H and O–H groups in total. The Labute approximate surface area is 201 Å². The van der Waals surface area contributed by atoms with Gasteiger partial charge in [0, 0.05) is 6.54 Å². The predicted octanol–water partition coefficient (Wildman–Crippen LogP) is 4.86. The molecule has 0 saturated carbocycles. The van der Waals surface area contributed by atoms with E-state index in [1.54, 1.807) is 32.9 Å². The summed E-state index contributed by atoms with van der Waals surface area (Å²) in [6.45, 7) is 7.11. The smallest absolute Gasteiger partial charge is 0.244 e. The van der Waals surface area contributed by atoms with E-state index < -0.39 is 22.0 Å². The summed E-state index contributed by atoms with van der Waals surface area (Å²) in [5.74, 6) is -0.778. The van der Waals surface area contributed by atoms with Gasteiger partial charge in [-0.1, -0.05) is 60.2 Å². The van der Waals surface area contributed by atoms with Crippen LogP contribution in [0.3, 0.4) is 0 Å². The Bertz CT molecular complexity index is 1220. The Balaban J connectivity index is 1.85. The highest BCUT2D eigenvalue weighted by Crippen LogP contribution is 2.25. The highest BCUT2D eigenvalue weighted by molar-refractivity contribution is 7.89. The fraction of sp³-hybridized carbons (Fsp3) is 0.296. The Morgan fingerprint density at radius 1 is 0.971 bits per heavy atom. The number of hydrogen-bond acceptors (Lipinski definition) is 3. The molecule has 0 fully saturated rings. The predicted molar refractivity (Wildman–Crippen MR) is 133 cm³/mol. The van der Waals surface area contributed by atoms with E-state index in [1.807, 2.05) is 49.4 Å². The van der Waals surface area contributed by atoms with Crippen molar-refractivity contribution in [2.75, 3.05) is 13.1 Å². The lowest BCUT2D eigenvalue weighted by atomic mass is 10.1. The minimum Gasteiger partial charge on any atom is -0.348 e. The minimum absolute atomic E-state index is 0.164. The van der Waals surface area contributed by atoms with Crippen molar-refractivity contribution < 1.29 is 17.6 Å². The number of carbonyl (C=O) groups is 1. The average molecular weight is 483 g/mol. The van der Waals surface area contributed by atoms with Gasteiger partial charge in [0.15, 0.2) is 0 Å². The SMILES string of the molecule is Cc1cc(C)c(S(=O)(=O)N(CCc2ccccc2)CC(=O)N[C@H](C)c2ccc(F)cc2)c(C)c1. The number of benzene rings is 3. The molecule has 34 heavy (non-hydrogen) atoms. The van der Waals surface area contributed by atoms with Gasteiger partial charge < -0.3 is 5.32 Å². The lowest BCUT2D eigenvalue weighted by Gasteiger charge is -2.25. The standard InChI is InChI=1S/C27H31FN2O3S/c1-19-16-20(2)27(21(3)17-19)34(32,33)30(15-14-23-8-6-5-7-9-23)18-26(31)29-22(4)24-10-12-25(28)13-11-24/h5-13,16-17,22H,14-15,18H2,1-4H3,(H,29,31)/t22-/m1/s1. The van der Waals surface area contributed by atoms with Crippen molar-refractivity contribution >= 4 is 15.9 Å². The third kappa shape index (κ3) is 6.30. The van der Waals surface area contributed by atoms with Gasteiger partial charge in [-0.3, -0.25) is 4.79 Å². The Morgan fingerprint density at radius 2 is 1.56 bits per heavy atom. The number of carbonyl (C=O) groups excluding carboxylic acids is 1. The minimum atomic E-state index is -3.93. The Kier molecular flexibility index (Phi) is 8.23. The Hall–Kier alpha value is -3.03.